The second-order valence-corrected chi connectivity index (χ2v) is 11.3. The van der Waals surface area contributed by atoms with Gasteiger partial charge in [-0.3, -0.25) is 9.80 Å². The molecule has 0 aliphatic carbocycles. The first-order valence-corrected chi connectivity index (χ1v) is 13.1. The summed E-state index contributed by atoms with van der Waals surface area (Å²) in [6.45, 7) is 4.88. The molecule has 1 aromatic heterocycles. The Hall–Kier alpha value is -2.49. The lowest BCUT2D eigenvalue weighted by molar-refractivity contribution is 0.0393. The fourth-order valence-electron chi connectivity index (χ4n) is 5.33. The monoisotopic (exact) mass is 470 g/mol. The number of pyridine rings is 1. The van der Waals surface area contributed by atoms with Crippen molar-refractivity contribution in [2.75, 3.05) is 44.2 Å². The number of hydrogen-bond donors (Lipinski definition) is 0. The molecular formula is C24H30N4O4S. The van der Waals surface area contributed by atoms with Crippen LogP contribution in [0.1, 0.15) is 31.2 Å². The Bertz CT molecular complexity index is 1080. The van der Waals surface area contributed by atoms with Crippen molar-refractivity contribution in [3.8, 4) is 0 Å². The topological polar surface area (TPSA) is 83.0 Å². The van der Waals surface area contributed by atoms with Crippen molar-refractivity contribution in [1.82, 2.24) is 14.2 Å². The van der Waals surface area contributed by atoms with E-state index in [0.29, 0.717) is 32.1 Å². The number of rotatable bonds is 5. The van der Waals surface area contributed by atoms with E-state index in [1.54, 1.807) is 10.4 Å². The quantitative estimate of drug-likeness (QED) is 0.668. The highest BCUT2D eigenvalue weighted by Crippen LogP contribution is 2.41. The van der Waals surface area contributed by atoms with Crippen molar-refractivity contribution in [3.63, 3.8) is 0 Å². The van der Waals surface area contributed by atoms with Crippen LogP contribution in [-0.4, -0.2) is 68.0 Å². The first-order valence-electron chi connectivity index (χ1n) is 11.6. The van der Waals surface area contributed by atoms with Crippen LogP contribution >= 0.6 is 0 Å². The Balaban J connectivity index is 1.22. The van der Waals surface area contributed by atoms with Crippen molar-refractivity contribution in [1.29, 1.82) is 0 Å². The molecule has 0 bridgehead atoms. The standard InChI is InChI=1S/C24H30N4O4S/c29-23-28(15-16-32-23)22-8-7-21(17-25-22)33(30,31)27-13-10-24(11-14-27)9-4-12-26(19-24)18-20-5-2-1-3-6-20/h1-3,5-8,17H,4,9-16,18-19H2. The highest BCUT2D eigenvalue weighted by atomic mass is 32.2. The van der Waals surface area contributed by atoms with Gasteiger partial charge in [0.2, 0.25) is 10.0 Å². The van der Waals surface area contributed by atoms with Crippen LogP contribution in [0.5, 0.6) is 0 Å². The summed E-state index contributed by atoms with van der Waals surface area (Å²) in [6, 6.07) is 13.7. The van der Waals surface area contributed by atoms with Gasteiger partial charge in [0, 0.05) is 32.4 Å². The summed E-state index contributed by atoms with van der Waals surface area (Å²) in [5.41, 5.74) is 1.52. The van der Waals surface area contributed by atoms with Crippen LogP contribution in [0.15, 0.2) is 53.6 Å². The Morgan fingerprint density at radius 3 is 2.42 bits per heavy atom. The molecule has 3 fully saturated rings. The molecule has 9 heteroatoms. The first-order chi connectivity index (χ1) is 16.0. The maximum absolute atomic E-state index is 13.2. The van der Waals surface area contributed by atoms with E-state index in [2.05, 4.69) is 34.1 Å². The van der Waals surface area contributed by atoms with Gasteiger partial charge in [0.15, 0.2) is 0 Å². The number of amides is 1. The van der Waals surface area contributed by atoms with E-state index in [9.17, 15) is 13.2 Å². The molecule has 0 radical (unpaired) electrons. The Labute approximate surface area is 195 Å². The Kier molecular flexibility index (Phi) is 6.11. The minimum Gasteiger partial charge on any atom is -0.447 e. The lowest BCUT2D eigenvalue weighted by atomic mass is 9.73. The number of nitrogens with zero attached hydrogens (tertiary/aromatic N) is 4. The largest absolute Gasteiger partial charge is 0.447 e. The zero-order valence-electron chi connectivity index (χ0n) is 18.7. The van der Waals surface area contributed by atoms with Gasteiger partial charge in [-0.15, -0.1) is 0 Å². The van der Waals surface area contributed by atoms with Gasteiger partial charge in [-0.25, -0.2) is 18.2 Å². The van der Waals surface area contributed by atoms with Gasteiger partial charge < -0.3 is 4.74 Å². The lowest BCUT2D eigenvalue weighted by Crippen LogP contribution is -2.50. The van der Waals surface area contributed by atoms with Crippen molar-refractivity contribution < 1.29 is 17.9 Å². The smallest absolute Gasteiger partial charge is 0.415 e. The third-order valence-electron chi connectivity index (χ3n) is 7.17. The SMILES string of the molecule is O=C1OCCN1c1ccc(S(=O)(=O)N2CCC3(CCCN(Cc4ccccc4)C3)CC2)cn1. The number of carbonyl (C=O) groups is 1. The first kappa shape index (κ1) is 22.3. The van der Waals surface area contributed by atoms with E-state index in [4.69, 9.17) is 4.74 Å². The summed E-state index contributed by atoms with van der Waals surface area (Å²) in [5, 5.41) is 0. The number of hydrogen-bond acceptors (Lipinski definition) is 6. The second-order valence-electron chi connectivity index (χ2n) is 9.32. The highest BCUT2D eigenvalue weighted by molar-refractivity contribution is 7.89. The number of ether oxygens (including phenoxy) is 1. The zero-order valence-corrected chi connectivity index (χ0v) is 19.5. The molecule has 176 valence electrons. The molecule has 5 rings (SSSR count). The normalized spacial score (nSPS) is 21.9. The van der Waals surface area contributed by atoms with Crippen LogP contribution in [0.25, 0.3) is 0 Å². The van der Waals surface area contributed by atoms with E-state index in [0.717, 1.165) is 45.3 Å². The summed E-state index contributed by atoms with van der Waals surface area (Å²) in [4.78, 5) is 20.0. The Morgan fingerprint density at radius 2 is 1.76 bits per heavy atom. The molecule has 3 aliphatic heterocycles. The van der Waals surface area contributed by atoms with Crippen LogP contribution < -0.4 is 4.90 Å². The van der Waals surface area contributed by atoms with Crippen LogP contribution in [-0.2, 0) is 21.3 Å². The van der Waals surface area contributed by atoms with Gasteiger partial charge in [-0.2, -0.15) is 4.31 Å². The molecule has 1 aromatic carbocycles. The second kappa shape index (κ2) is 9.04. The lowest BCUT2D eigenvalue weighted by Gasteiger charge is -2.47. The van der Waals surface area contributed by atoms with Crippen LogP contribution in [0, 0.1) is 5.41 Å². The number of carbonyl (C=O) groups excluding carboxylic acids is 1. The van der Waals surface area contributed by atoms with Crippen LogP contribution in [0.3, 0.4) is 0 Å². The molecule has 8 nitrogen and oxygen atoms in total. The number of sulfonamides is 1. The summed E-state index contributed by atoms with van der Waals surface area (Å²) in [5.74, 6) is 0.412. The van der Waals surface area contributed by atoms with Gasteiger partial charge in [0.25, 0.3) is 0 Å². The van der Waals surface area contributed by atoms with E-state index >= 15 is 0 Å². The molecular weight excluding hydrogens is 440 g/mol. The van der Waals surface area contributed by atoms with E-state index in [1.807, 2.05) is 6.07 Å². The fourth-order valence-corrected chi connectivity index (χ4v) is 6.72. The predicted octanol–water partition coefficient (Wildman–Crippen LogP) is 3.11. The third kappa shape index (κ3) is 4.62. The third-order valence-corrected chi connectivity index (χ3v) is 9.05. The zero-order chi connectivity index (χ0) is 22.9. The van der Waals surface area contributed by atoms with E-state index in [-0.39, 0.29) is 10.3 Å². The van der Waals surface area contributed by atoms with Gasteiger partial charge in [0.1, 0.15) is 17.3 Å². The van der Waals surface area contributed by atoms with Gasteiger partial charge in [-0.05, 0) is 55.3 Å². The molecule has 33 heavy (non-hydrogen) atoms. The molecule has 0 unspecified atom stereocenters. The van der Waals surface area contributed by atoms with E-state index in [1.165, 1.54) is 22.7 Å². The number of benzene rings is 1. The maximum Gasteiger partial charge on any atom is 0.415 e. The number of likely N-dealkylation sites (tertiary alicyclic amines) is 1. The van der Waals surface area contributed by atoms with Gasteiger partial charge in [-0.1, -0.05) is 30.3 Å². The van der Waals surface area contributed by atoms with Crippen molar-refractivity contribution in [2.24, 2.45) is 5.41 Å². The van der Waals surface area contributed by atoms with E-state index < -0.39 is 16.1 Å². The van der Waals surface area contributed by atoms with Crippen LogP contribution in [0.4, 0.5) is 10.6 Å². The molecule has 1 spiro atoms. The Morgan fingerprint density at radius 1 is 0.970 bits per heavy atom. The molecule has 0 N–H and O–H groups in total. The molecule has 3 aliphatic rings. The summed E-state index contributed by atoms with van der Waals surface area (Å²) in [7, 11) is -3.61. The van der Waals surface area contributed by atoms with Gasteiger partial charge >= 0.3 is 6.09 Å². The average molecular weight is 471 g/mol. The maximum atomic E-state index is 13.2. The highest BCUT2D eigenvalue weighted by Gasteiger charge is 2.41. The average Bonchev–Trinajstić information content (AvgIpc) is 3.26. The predicted molar refractivity (Wildman–Crippen MR) is 124 cm³/mol. The molecule has 1 amide bonds. The van der Waals surface area contributed by atoms with Crippen molar-refractivity contribution in [2.45, 2.75) is 37.1 Å². The van der Waals surface area contributed by atoms with Crippen molar-refractivity contribution in [3.05, 3.63) is 54.2 Å². The minimum atomic E-state index is -3.61. The minimum absolute atomic E-state index is 0.170. The number of cyclic esters (lactones) is 1. The van der Waals surface area contributed by atoms with Gasteiger partial charge in [0.05, 0.1) is 6.54 Å². The molecule has 0 saturated carbocycles. The van der Waals surface area contributed by atoms with Crippen LogP contribution in [0.2, 0.25) is 0 Å². The van der Waals surface area contributed by atoms with Crippen molar-refractivity contribution >= 4 is 21.9 Å². The molecule has 0 atom stereocenters. The molecule has 2 aromatic rings. The summed E-state index contributed by atoms with van der Waals surface area (Å²) in [6.07, 6.45) is 4.97. The fraction of sp³-hybridized carbons (Fsp3) is 0.500. The number of anilines is 1. The summed E-state index contributed by atoms with van der Waals surface area (Å²) >= 11 is 0. The number of piperidine rings is 2. The molecule has 4 heterocycles. The number of aromatic nitrogens is 1. The molecule has 3 saturated heterocycles. The summed E-state index contributed by atoms with van der Waals surface area (Å²) < 4.78 is 33.0.